The zero-order chi connectivity index (χ0) is 15.6. The van der Waals surface area contributed by atoms with E-state index in [1.807, 2.05) is 7.05 Å². The van der Waals surface area contributed by atoms with Crippen molar-refractivity contribution in [3.05, 3.63) is 18.0 Å². The molecule has 0 N–H and O–H groups in total. The first-order valence-electron chi connectivity index (χ1n) is 7.31. The number of likely N-dealkylation sites (N-methyl/N-ethyl adjacent to an activating group) is 2. The number of sulfonamides is 1. The van der Waals surface area contributed by atoms with Crippen LogP contribution in [-0.2, 0) is 23.0 Å². The average molecular weight is 334 g/mol. The number of halogens is 1. The van der Waals surface area contributed by atoms with Crippen molar-refractivity contribution in [2.45, 2.75) is 36.6 Å². The van der Waals surface area contributed by atoms with Crippen LogP contribution in [0.2, 0.25) is 0 Å². The molecule has 1 fully saturated rings. The summed E-state index contributed by atoms with van der Waals surface area (Å²) in [5.41, 5.74) is 0.805. The molecule has 1 aromatic rings. The molecule has 1 aromatic heterocycles. The van der Waals surface area contributed by atoms with Crippen molar-refractivity contribution in [3.63, 3.8) is 0 Å². The predicted octanol–water partition coefficient (Wildman–Crippen LogP) is 1.87. The number of hydrogen-bond acceptors (Lipinski definition) is 3. The molecule has 1 unspecified atom stereocenters. The van der Waals surface area contributed by atoms with Crippen molar-refractivity contribution in [3.8, 4) is 0 Å². The van der Waals surface area contributed by atoms with Crippen LogP contribution in [0.5, 0.6) is 0 Å². The summed E-state index contributed by atoms with van der Waals surface area (Å²) in [5.74, 6) is 0.308. The van der Waals surface area contributed by atoms with Gasteiger partial charge in [-0.1, -0.05) is 6.92 Å². The van der Waals surface area contributed by atoms with E-state index in [0.29, 0.717) is 23.4 Å². The lowest BCUT2D eigenvalue weighted by Crippen LogP contribution is -2.41. The first-order valence-corrected chi connectivity index (χ1v) is 9.29. The molecule has 21 heavy (non-hydrogen) atoms. The lowest BCUT2D eigenvalue weighted by atomic mass is 10.2. The van der Waals surface area contributed by atoms with E-state index in [2.05, 4.69) is 11.8 Å². The standard InChI is InChI=1S/C14H24ClN3O2S/c1-4-18-7-5-6-12(18)10-17(3)21(19,20)14-8-13(9-15)16(2)11-14/h8,11-12H,4-7,9-10H2,1-3H3. The van der Waals surface area contributed by atoms with Gasteiger partial charge in [0.2, 0.25) is 10.0 Å². The van der Waals surface area contributed by atoms with Crippen molar-refractivity contribution in [1.29, 1.82) is 0 Å². The number of aryl methyl sites for hydroxylation is 1. The Labute approximate surface area is 132 Å². The zero-order valence-electron chi connectivity index (χ0n) is 12.9. The third-order valence-electron chi connectivity index (χ3n) is 4.30. The lowest BCUT2D eigenvalue weighted by molar-refractivity contribution is 0.237. The molecule has 1 aliphatic heterocycles. The van der Waals surface area contributed by atoms with Crippen LogP contribution in [0.25, 0.3) is 0 Å². The average Bonchev–Trinajstić information content (AvgIpc) is 3.04. The van der Waals surface area contributed by atoms with E-state index in [4.69, 9.17) is 11.6 Å². The largest absolute Gasteiger partial charge is 0.352 e. The van der Waals surface area contributed by atoms with Crippen LogP contribution in [0.15, 0.2) is 17.2 Å². The van der Waals surface area contributed by atoms with Gasteiger partial charge < -0.3 is 4.57 Å². The number of rotatable bonds is 6. The Balaban J connectivity index is 2.14. The maximum atomic E-state index is 12.6. The fourth-order valence-corrected chi connectivity index (χ4v) is 4.51. The number of alkyl halides is 1. The zero-order valence-corrected chi connectivity index (χ0v) is 14.5. The Morgan fingerprint density at radius 2 is 2.19 bits per heavy atom. The summed E-state index contributed by atoms with van der Waals surface area (Å²) in [6.07, 6.45) is 3.85. The minimum Gasteiger partial charge on any atom is -0.352 e. The summed E-state index contributed by atoms with van der Waals surface area (Å²) >= 11 is 5.81. The monoisotopic (exact) mass is 333 g/mol. The third-order valence-corrected chi connectivity index (χ3v) is 6.36. The highest BCUT2D eigenvalue weighted by Gasteiger charge is 2.29. The molecule has 0 bridgehead atoms. The second kappa shape index (κ2) is 6.69. The van der Waals surface area contributed by atoms with E-state index in [1.165, 1.54) is 4.31 Å². The van der Waals surface area contributed by atoms with Gasteiger partial charge in [0.1, 0.15) is 4.90 Å². The molecule has 0 amide bonds. The van der Waals surface area contributed by atoms with E-state index < -0.39 is 10.0 Å². The number of hydrogen-bond donors (Lipinski definition) is 0. The smallest absolute Gasteiger partial charge is 0.244 e. The molecule has 1 aliphatic rings. The Kier molecular flexibility index (Phi) is 5.35. The molecule has 7 heteroatoms. The molecule has 0 spiro atoms. The van der Waals surface area contributed by atoms with Gasteiger partial charge in [0.25, 0.3) is 0 Å². The Morgan fingerprint density at radius 1 is 1.48 bits per heavy atom. The van der Waals surface area contributed by atoms with Gasteiger partial charge in [-0.15, -0.1) is 11.6 Å². The highest BCUT2D eigenvalue weighted by molar-refractivity contribution is 7.89. The number of likely N-dealkylation sites (tertiary alicyclic amines) is 1. The van der Waals surface area contributed by atoms with Gasteiger partial charge >= 0.3 is 0 Å². The predicted molar refractivity (Wildman–Crippen MR) is 85.1 cm³/mol. The van der Waals surface area contributed by atoms with Crippen molar-refractivity contribution < 1.29 is 8.42 Å². The number of aromatic nitrogens is 1. The molecule has 120 valence electrons. The highest BCUT2D eigenvalue weighted by Crippen LogP contribution is 2.22. The minimum absolute atomic E-state index is 0.308. The molecular formula is C14H24ClN3O2S. The quantitative estimate of drug-likeness (QED) is 0.747. The van der Waals surface area contributed by atoms with Crippen LogP contribution in [-0.4, -0.2) is 54.9 Å². The summed E-state index contributed by atoms with van der Waals surface area (Å²) in [4.78, 5) is 2.67. The Hall–Kier alpha value is -0.560. The Bertz CT molecular complexity index is 585. The van der Waals surface area contributed by atoms with Gasteiger partial charge in [0, 0.05) is 38.6 Å². The lowest BCUT2D eigenvalue weighted by Gasteiger charge is -2.27. The molecule has 0 aromatic carbocycles. The number of nitrogens with zero attached hydrogens (tertiary/aromatic N) is 3. The third kappa shape index (κ3) is 3.44. The van der Waals surface area contributed by atoms with Crippen LogP contribution >= 0.6 is 11.6 Å². The van der Waals surface area contributed by atoms with Crippen molar-refractivity contribution in [2.24, 2.45) is 7.05 Å². The molecular weight excluding hydrogens is 310 g/mol. The normalized spacial score (nSPS) is 20.5. The molecule has 1 saturated heterocycles. The SMILES string of the molecule is CCN1CCCC1CN(C)S(=O)(=O)c1cc(CCl)n(C)c1. The molecule has 2 heterocycles. The van der Waals surface area contributed by atoms with Crippen LogP contribution in [0.4, 0.5) is 0 Å². The van der Waals surface area contributed by atoms with Crippen LogP contribution in [0, 0.1) is 0 Å². The summed E-state index contributed by atoms with van der Waals surface area (Å²) in [6, 6.07) is 1.98. The van der Waals surface area contributed by atoms with Crippen LogP contribution in [0.1, 0.15) is 25.5 Å². The van der Waals surface area contributed by atoms with Crippen LogP contribution < -0.4 is 0 Å². The highest BCUT2D eigenvalue weighted by atomic mass is 35.5. The van der Waals surface area contributed by atoms with Gasteiger partial charge in [-0.05, 0) is 32.0 Å². The van der Waals surface area contributed by atoms with Gasteiger partial charge in [0.15, 0.2) is 0 Å². The second-order valence-electron chi connectivity index (χ2n) is 5.62. The van der Waals surface area contributed by atoms with E-state index in [-0.39, 0.29) is 0 Å². The maximum absolute atomic E-state index is 12.6. The Morgan fingerprint density at radius 3 is 2.76 bits per heavy atom. The fraction of sp³-hybridized carbons (Fsp3) is 0.714. The molecule has 1 atom stereocenters. The summed E-state index contributed by atoms with van der Waals surface area (Å²) < 4.78 is 28.5. The second-order valence-corrected chi connectivity index (χ2v) is 7.93. The molecule has 2 rings (SSSR count). The first kappa shape index (κ1) is 16.8. The van der Waals surface area contributed by atoms with Gasteiger partial charge in [0.05, 0.1) is 5.88 Å². The molecule has 5 nitrogen and oxygen atoms in total. The van der Waals surface area contributed by atoms with Crippen molar-refractivity contribution >= 4 is 21.6 Å². The summed E-state index contributed by atoms with van der Waals surface area (Å²) in [7, 11) is 0.0309. The van der Waals surface area contributed by atoms with Crippen molar-refractivity contribution in [2.75, 3.05) is 26.7 Å². The summed E-state index contributed by atoms with van der Waals surface area (Å²) in [5, 5.41) is 0. The van der Waals surface area contributed by atoms with E-state index in [0.717, 1.165) is 31.6 Å². The summed E-state index contributed by atoms with van der Waals surface area (Å²) in [6.45, 7) is 4.70. The van der Waals surface area contributed by atoms with Crippen molar-refractivity contribution in [1.82, 2.24) is 13.8 Å². The molecule has 0 radical (unpaired) electrons. The van der Waals surface area contributed by atoms with Gasteiger partial charge in [-0.3, -0.25) is 4.90 Å². The minimum atomic E-state index is -3.44. The van der Waals surface area contributed by atoms with Gasteiger partial charge in [-0.25, -0.2) is 8.42 Å². The maximum Gasteiger partial charge on any atom is 0.244 e. The molecule has 0 saturated carbocycles. The van der Waals surface area contributed by atoms with Crippen LogP contribution in [0.3, 0.4) is 0 Å². The van der Waals surface area contributed by atoms with E-state index in [9.17, 15) is 8.42 Å². The fourth-order valence-electron chi connectivity index (χ4n) is 2.94. The van der Waals surface area contributed by atoms with E-state index >= 15 is 0 Å². The van der Waals surface area contributed by atoms with E-state index in [1.54, 1.807) is 23.9 Å². The first-order chi connectivity index (χ1) is 9.90. The van der Waals surface area contributed by atoms with Gasteiger partial charge in [-0.2, -0.15) is 4.31 Å². The topological polar surface area (TPSA) is 45.6 Å². The molecule has 0 aliphatic carbocycles.